The van der Waals surface area contributed by atoms with Crippen LogP contribution in [0.4, 0.5) is 0 Å². The van der Waals surface area contributed by atoms with Crippen molar-refractivity contribution in [3.05, 3.63) is 71.8 Å². The molecule has 21 nitrogen and oxygen atoms in total. The van der Waals surface area contributed by atoms with Crippen LogP contribution >= 0.6 is 11.8 Å². The molecular formula is C40H59N9O12S. The summed E-state index contributed by atoms with van der Waals surface area (Å²) >= 11 is 1.86. The fourth-order valence-electron chi connectivity index (χ4n) is 4.55. The number of carboxylic acid groups (broad SMARTS) is 2. The molecule has 0 aromatic heterocycles. The maximum Gasteiger partial charge on any atom is 0.305 e. The fraction of sp³-hybridized carbons (Fsp3) is 0.450. The molecule has 62 heavy (non-hydrogen) atoms. The Kier molecular flexibility index (Phi) is 28.8. The van der Waals surface area contributed by atoms with Gasteiger partial charge in [-0.2, -0.15) is 11.8 Å². The predicted molar refractivity (Wildman–Crippen MR) is 230 cm³/mol. The Balaban J connectivity index is 0.00000294. The summed E-state index contributed by atoms with van der Waals surface area (Å²) in [6, 6.07) is 13.7. The van der Waals surface area contributed by atoms with Gasteiger partial charge in [-0.1, -0.05) is 80.1 Å². The minimum absolute atomic E-state index is 0.0368. The Morgan fingerprint density at radius 3 is 1.50 bits per heavy atom. The average molecular weight is 890 g/mol. The average Bonchev–Trinajstić information content (AvgIpc) is 3.24. The van der Waals surface area contributed by atoms with Crippen LogP contribution in [0.1, 0.15) is 50.7 Å². The second kappa shape index (κ2) is 32.3. The minimum atomic E-state index is -1.52. The van der Waals surface area contributed by atoms with Crippen LogP contribution in [0.5, 0.6) is 0 Å². The summed E-state index contributed by atoms with van der Waals surface area (Å²) < 4.78 is 0. The van der Waals surface area contributed by atoms with Gasteiger partial charge in [0.25, 0.3) is 0 Å². The van der Waals surface area contributed by atoms with Crippen LogP contribution in [0, 0.1) is 6.92 Å². The largest absolute Gasteiger partial charge is 0.481 e. The molecular weight excluding hydrogens is 831 g/mol. The van der Waals surface area contributed by atoms with Crippen LogP contribution in [-0.4, -0.2) is 132 Å². The number of hydrogen-bond acceptors (Lipinski definition) is 12. The maximum absolute atomic E-state index is 12.9. The van der Waals surface area contributed by atoms with Gasteiger partial charge in [-0.25, -0.2) is 0 Å². The topological polar surface area (TPSA) is 347 Å². The molecule has 0 saturated heterocycles. The van der Waals surface area contributed by atoms with Crippen LogP contribution in [0.2, 0.25) is 0 Å². The van der Waals surface area contributed by atoms with Crippen molar-refractivity contribution in [2.45, 2.75) is 77.0 Å². The van der Waals surface area contributed by atoms with Gasteiger partial charge in [0.05, 0.1) is 38.6 Å². The smallest absolute Gasteiger partial charge is 0.305 e. The molecule has 8 amide bonds. The lowest BCUT2D eigenvalue weighted by Crippen LogP contribution is -2.54. The molecule has 13 N–H and O–H groups in total. The number of aliphatic carboxylic acids is 2. The monoisotopic (exact) mass is 889 g/mol. The standard InChI is InChI=1S/C30H43N9O12.C7H8.C3H8S/c1-2-17(31)28(49)39-18(8-9-25(44)45)29(50)35-13-22(41)33-12-21(40)34-14-23(42)38-20(10-16-6-4-3-5-7-16)30(51)36-15-24(43)37-19(27(32)48)11-26(46)47;1-7-5-3-2-4-6-7;1-3-4-2/h3-7,17-20H,2,8-15,31H2,1H3,(H2,32,48)(H,33,41)(H,34,40)(H,35,50)(H,36,51)(H,37,43)(H,38,42)(H,39,49)(H,44,45)(H,46,47);2-6H,1H3;3H2,1-2H3. The van der Waals surface area contributed by atoms with E-state index >= 15 is 0 Å². The number of benzene rings is 2. The number of rotatable bonds is 24. The number of nitrogens with one attached hydrogen (secondary N) is 7. The van der Waals surface area contributed by atoms with E-state index in [1.165, 1.54) is 11.3 Å². The van der Waals surface area contributed by atoms with E-state index in [-0.39, 0.29) is 19.3 Å². The van der Waals surface area contributed by atoms with Crippen LogP contribution in [0.25, 0.3) is 0 Å². The molecule has 0 bridgehead atoms. The zero-order valence-corrected chi connectivity index (χ0v) is 36.0. The molecule has 2 aromatic carbocycles. The van der Waals surface area contributed by atoms with E-state index in [1.807, 2.05) is 30.0 Å². The first kappa shape index (κ1) is 55.5. The van der Waals surface area contributed by atoms with Gasteiger partial charge in [-0.3, -0.25) is 47.9 Å². The number of carbonyl (C=O) groups excluding carboxylic acids is 8. The number of carboxylic acids is 2. The van der Waals surface area contributed by atoms with Crippen LogP contribution < -0.4 is 48.7 Å². The summed E-state index contributed by atoms with van der Waals surface area (Å²) in [5.41, 5.74) is 12.7. The quantitative estimate of drug-likeness (QED) is 0.0548. The summed E-state index contributed by atoms with van der Waals surface area (Å²) in [5, 5.41) is 33.6. The summed E-state index contributed by atoms with van der Waals surface area (Å²) in [4.78, 5) is 120. The van der Waals surface area contributed by atoms with Crippen molar-refractivity contribution in [1.82, 2.24) is 37.2 Å². The van der Waals surface area contributed by atoms with Crippen molar-refractivity contribution in [3.63, 3.8) is 0 Å². The normalized spacial score (nSPS) is 12.0. The first-order valence-corrected chi connectivity index (χ1v) is 20.7. The zero-order chi connectivity index (χ0) is 47.0. The predicted octanol–water partition coefficient (Wildman–Crippen LogP) is -1.93. The Morgan fingerprint density at radius 1 is 0.613 bits per heavy atom. The minimum Gasteiger partial charge on any atom is -0.481 e. The zero-order valence-electron chi connectivity index (χ0n) is 35.2. The van der Waals surface area contributed by atoms with Crippen LogP contribution in [-0.2, 0) is 54.4 Å². The van der Waals surface area contributed by atoms with Gasteiger partial charge in [-0.15, -0.1) is 0 Å². The number of amides is 8. The van der Waals surface area contributed by atoms with E-state index in [2.05, 4.69) is 69.5 Å². The van der Waals surface area contributed by atoms with Crippen molar-refractivity contribution < 1.29 is 58.2 Å². The Morgan fingerprint density at radius 2 is 1.06 bits per heavy atom. The highest BCUT2D eigenvalue weighted by atomic mass is 32.2. The van der Waals surface area contributed by atoms with Gasteiger partial charge in [0, 0.05) is 12.8 Å². The molecule has 0 radical (unpaired) electrons. The summed E-state index contributed by atoms with van der Waals surface area (Å²) in [5.74, 6) is -8.23. The Labute approximate surface area is 364 Å². The molecule has 0 saturated carbocycles. The molecule has 0 spiro atoms. The van der Waals surface area contributed by atoms with E-state index in [0.29, 0.717) is 5.56 Å². The highest BCUT2D eigenvalue weighted by Gasteiger charge is 2.26. The number of thioether (sulfide) groups is 1. The van der Waals surface area contributed by atoms with Gasteiger partial charge in [0.1, 0.15) is 18.1 Å². The van der Waals surface area contributed by atoms with Gasteiger partial charge >= 0.3 is 11.9 Å². The summed E-state index contributed by atoms with van der Waals surface area (Å²) in [6.45, 7) is 3.28. The van der Waals surface area contributed by atoms with Crippen LogP contribution in [0.3, 0.4) is 0 Å². The third-order valence-electron chi connectivity index (χ3n) is 8.02. The highest BCUT2D eigenvalue weighted by Crippen LogP contribution is 2.04. The third kappa shape index (κ3) is 27.3. The van der Waals surface area contributed by atoms with Crippen molar-refractivity contribution in [2.24, 2.45) is 11.5 Å². The van der Waals surface area contributed by atoms with E-state index < -0.39 is 122 Å². The van der Waals surface area contributed by atoms with Crippen molar-refractivity contribution in [1.29, 1.82) is 0 Å². The van der Waals surface area contributed by atoms with Gasteiger partial charge in [0.2, 0.25) is 47.3 Å². The van der Waals surface area contributed by atoms with E-state index in [1.54, 1.807) is 37.3 Å². The SMILES string of the molecule is CCC(N)C(=O)NC(CCC(=O)O)C(=O)NCC(=O)NCC(=O)NCC(=O)NC(Cc1ccccc1)C(=O)NCC(=O)NC(CC(=O)O)C(N)=O.CCSC.Cc1ccccc1. The molecule has 0 aliphatic rings. The molecule has 0 heterocycles. The van der Waals surface area contributed by atoms with E-state index in [9.17, 15) is 47.9 Å². The molecule has 2 aromatic rings. The second-order valence-electron chi connectivity index (χ2n) is 13.2. The van der Waals surface area contributed by atoms with Gasteiger partial charge in [0.15, 0.2) is 0 Å². The summed E-state index contributed by atoms with van der Waals surface area (Å²) in [7, 11) is 0. The fourth-order valence-corrected chi connectivity index (χ4v) is 4.55. The van der Waals surface area contributed by atoms with Crippen molar-refractivity contribution >= 4 is 71.0 Å². The maximum atomic E-state index is 12.9. The van der Waals surface area contributed by atoms with Gasteiger partial charge in [-0.05, 0) is 37.3 Å². The van der Waals surface area contributed by atoms with E-state index in [0.717, 1.165) is 0 Å². The van der Waals surface area contributed by atoms with Crippen molar-refractivity contribution in [3.8, 4) is 0 Å². The molecule has 22 heteroatoms. The first-order chi connectivity index (χ1) is 29.3. The Hall–Kier alpha value is -6.55. The molecule has 0 aliphatic heterocycles. The number of aryl methyl sites for hydroxylation is 1. The lowest BCUT2D eigenvalue weighted by atomic mass is 10.1. The third-order valence-corrected chi connectivity index (χ3v) is 8.59. The molecule has 4 atom stereocenters. The summed E-state index contributed by atoms with van der Waals surface area (Å²) in [6.07, 6.45) is 0.814. The van der Waals surface area contributed by atoms with Crippen LogP contribution in [0.15, 0.2) is 60.7 Å². The molecule has 4 unspecified atom stereocenters. The number of carbonyl (C=O) groups is 10. The molecule has 342 valence electrons. The molecule has 0 fully saturated rings. The molecule has 2 rings (SSSR count). The van der Waals surface area contributed by atoms with E-state index in [4.69, 9.17) is 21.7 Å². The number of nitrogens with two attached hydrogens (primary N) is 2. The number of hydrogen-bond donors (Lipinski definition) is 11. The lowest BCUT2D eigenvalue weighted by Gasteiger charge is -2.20. The Bertz CT molecular complexity index is 1770. The van der Waals surface area contributed by atoms with Gasteiger partial charge < -0.3 is 58.9 Å². The first-order valence-electron chi connectivity index (χ1n) is 19.3. The van der Waals surface area contributed by atoms with Crippen molar-refractivity contribution in [2.75, 3.05) is 38.2 Å². The highest BCUT2D eigenvalue weighted by molar-refractivity contribution is 7.98. The number of primary amides is 1. The molecule has 0 aliphatic carbocycles. The second-order valence-corrected chi connectivity index (χ2v) is 14.3. The lowest BCUT2D eigenvalue weighted by molar-refractivity contribution is -0.140.